The number of hydrogen-bond acceptors (Lipinski definition) is 3. The largest absolute Gasteiger partial charge is 0.366 e. The van der Waals surface area contributed by atoms with Crippen LogP contribution >= 0.6 is 0 Å². The number of hydrogen-bond donors (Lipinski definition) is 2. The van der Waals surface area contributed by atoms with E-state index in [1.54, 1.807) is 37.4 Å². The molecule has 7 heteroatoms. The fourth-order valence-corrected chi connectivity index (χ4v) is 2.66. The number of primary amides is 1. The molecule has 0 fully saturated rings. The number of nitrogens with one attached hydrogen (secondary N) is 1. The van der Waals surface area contributed by atoms with E-state index in [2.05, 4.69) is 5.32 Å². The van der Waals surface area contributed by atoms with Gasteiger partial charge in [-0.2, -0.15) is 0 Å². The molecular formula is C17H16N4O3. The van der Waals surface area contributed by atoms with Gasteiger partial charge in [-0.25, -0.2) is 4.79 Å². The molecule has 0 saturated heterocycles. The lowest BCUT2D eigenvalue weighted by Gasteiger charge is -2.09. The van der Waals surface area contributed by atoms with E-state index in [1.807, 2.05) is 12.1 Å². The van der Waals surface area contributed by atoms with Crippen LogP contribution in [0.5, 0.6) is 0 Å². The van der Waals surface area contributed by atoms with Gasteiger partial charge in [0.05, 0.1) is 22.3 Å². The number of carbonyl (C=O) groups is 2. The Labute approximate surface area is 137 Å². The van der Waals surface area contributed by atoms with Crippen LogP contribution in [0.15, 0.2) is 53.3 Å². The highest BCUT2D eigenvalue weighted by Crippen LogP contribution is 2.15. The van der Waals surface area contributed by atoms with Crippen molar-refractivity contribution in [2.24, 2.45) is 12.8 Å². The molecule has 0 bridgehead atoms. The molecule has 0 aliphatic rings. The molecule has 0 radical (unpaired) electrons. The van der Waals surface area contributed by atoms with Crippen LogP contribution in [0.1, 0.15) is 10.4 Å². The summed E-state index contributed by atoms with van der Waals surface area (Å²) in [5.74, 6) is -1.05. The van der Waals surface area contributed by atoms with Gasteiger partial charge in [-0.05, 0) is 24.3 Å². The fraction of sp³-hybridized carbons (Fsp3) is 0.118. The Kier molecular flexibility index (Phi) is 3.91. The smallest absolute Gasteiger partial charge is 0.329 e. The molecular weight excluding hydrogens is 308 g/mol. The van der Waals surface area contributed by atoms with Crippen LogP contribution in [-0.2, 0) is 18.4 Å². The summed E-state index contributed by atoms with van der Waals surface area (Å²) in [6, 6.07) is 13.7. The summed E-state index contributed by atoms with van der Waals surface area (Å²) in [5, 5.41) is 2.63. The minimum atomic E-state index is -0.631. The quantitative estimate of drug-likeness (QED) is 0.751. The highest BCUT2D eigenvalue weighted by atomic mass is 16.2. The van der Waals surface area contributed by atoms with E-state index >= 15 is 0 Å². The number of amides is 2. The van der Waals surface area contributed by atoms with E-state index in [4.69, 9.17) is 5.73 Å². The van der Waals surface area contributed by atoms with Crippen LogP contribution < -0.4 is 16.7 Å². The zero-order valence-corrected chi connectivity index (χ0v) is 13.0. The lowest BCUT2D eigenvalue weighted by atomic mass is 10.1. The molecule has 0 spiro atoms. The second kappa shape index (κ2) is 6.04. The second-order valence-electron chi connectivity index (χ2n) is 5.37. The number of fused-ring (bicyclic) bond motifs is 1. The van der Waals surface area contributed by atoms with Crippen LogP contribution in [-0.4, -0.2) is 20.9 Å². The molecule has 24 heavy (non-hydrogen) atoms. The number of aryl methyl sites for hydroxylation is 1. The van der Waals surface area contributed by atoms with E-state index < -0.39 is 11.8 Å². The predicted octanol–water partition coefficient (Wildman–Crippen LogP) is 1.08. The molecule has 3 N–H and O–H groups in total. The first-order valence-corrected chi connectivity index (χ1v) is 7.32. The summed E-state index contributed by atoms with van der Waals surface area (Å²) >= 11 is 0. The Morgan fingerprint density at radius 2 is 1.67 bits per heavy atom. The standard InChI is InChI=1S/C17H16N4O3/c1-20-13-8-4-5-9-14(13)21(17(20)24)10-15(22)19-12-7-3-2-6-11(12)16(18)23/h2-9H,10H2,1H3,(H2,18,23)(H,19,22). The maximum atomic E-state index is 12.3. The van der Waals surface area contributed by atoms with Crippen LogP contribution in [0.2, 0.25) is 0 Å². The van der Waals surface area contributed by atoms with Crippen LogP contribution in [0.3, 0.4) is 0 Å². The Hall–Kier alpha value is -3.35. The first kappa shape index (κ1) is 15.5. The van der Waals surface area contributed by atoms with Gasteiger partial charge in [0.25, 0.3) is 5.91 Å². The molecule has 0 atom stereocenters. The Morgan fingerprint density at radius 1 is 1.04 bits per heavy atom. The highest BCUT2D eigenvalue weighted by molar-refractivity contribution is 6.03. The third-order valence-corrected chi connectivity index (χ3v) is 3.82. The number of aromatic nitrogens is 2. The summed E-state index contributed by atoms with van der Waals surface area (Å²) < 4.78 is 2.87. The molecule has 0 unspecified atom stereocenters. The summed E-state index contributed by atoms with van der Waals surface area (Å²) in [4.78, 5) is 36.1. The number of anilines is 1. The third kappa shape index (κ3) is 2.67. The molecule has 7 nitrogen and oxygen atoms in total. The topological polar surface area (TPSA) is 99.1 Å². The van der Waals surface area contributed by atoms with Crippen molar-refractivity contribution in [2.75, 3.05) is 5.32 Å². The van der Waals surface area contributed by atoms with E-state index in [1.165, 1.54) is 15.2 Å². The fourth-order valence-electron chi connectivity index (χ4n) is 2.66. The van der Waals surface area contributed by atoms with Crippen molar-refractivity contribution >= 4 is 28.5 Å². The second-order valence-corrected chi connectivity index (χ2v) is 5.37. The molecule has 2 aromatic carbocycles. The lowest BCUT2D eigenvalue weighted by molar-refractivity contribution is -0.116. The number of imidazole rings is 1. The van der Waals surface area contributed by atoms with E-state index in [0.29, 0.717) is 11.2 Å². The van der Waals surface area contributed by atoms with Crippen molar-refractivity contribution in [3.8, 4) is 0 Å². The maximum absolute atomic E-state index is 12.3. The van der Waals surface area contributed by atoms with Crippen LogP contribution in [0, 0.1) is 0 Å². The first-order chi connectivity index (χ1) is 11.5. The van der Waals surface area contributed by atoms with Gasteiger partial charge in [-0.3, -0.25) is 18.7 Å². The van der Waals surface area contributed by atoms with Crippen LogP contribution in [0.4, 0.5) is 5.69 Å². The maximum Gasteiger partial charge on any atom is 0.329 e. The minimum Gasteiger partial charge on any atom is -0.366 e. The Bertz CT molecular complexity index is 1000. The van der Waals surface area contributed by atoms with Gasteiger partial charge in [-0.15, -0.1) is 0 Å². The van der Waals surface area contributed by atoms with Crippen molar-refractivity contribution in [1.82, 2.24) is 9.13 Å². The summed E-state index contributed by atoms with van der Waals surface area (Å²) in [6.45, 7) is -0.159. The number of benzene rings is 2. The molecule has 1 aromatic heterocycles. The number of carbonyl (C=O) groups excluding carboxylic acids is 2. The van der Waals surface area contributed by atoms with Gasteiger partial charge in [0.1, 0.15) is 6.54 Å². The zero-order chi connectivity index (χ0) is 17.3. The molecule has 0 aliphatic heterocycles. The van der Waals surface area contributed by atoms with Crippen molar-refractivity contribution in [1.29, 1.82) is 0 Å². The zero-order valence-electron chi connectivity index (χ0n) is 13.0. The van der Waals surface area contributed by atoms with E-state index in [9.17, 15) is 14.4 Å². The lowest BCUT2D eigenvalue weighted by Crippen LogP contribution is -2.29. The first-order valence-electron chi connectivity index (χ1n) is 7.32. The molecule has 1 heterocycles. The number of nitrogens with zero attached hydrogens (tertiary/aromatic N) is 2. The minimum absolute atomic E-state index is 0.159. The van der Waals surface area contributed by atoms with Gasteiger partial charge in [-0.1, -0.05) is 24.3 Å². The van der Waals surface area contributed by atoms with Gasteiger partial charge in [0.2, 0.25) is 5.91 Å². The average molecular weight is 324 g/mol. The number of rotatable bonds is 4. The van der Waals surface area contributed by atoms with E-state index in [0.717, 1.165) is 5.52 Å². The summed E-state index contributed by atoms with van der Waals surface area (Å²) in [6.07, 6.45) is 0. The molecule has 2 amide bonds. The molecule has 3 aromatic rings. The normalized spacial score (nSPS) is 10.7. The highest BCUT2D eigenvalue weighted by Gasteiger charge is 2.15. The SMILES string of the molecule is Cn1c(=O)n(CC(=O)Nc2ccccc2C(N)=O)c2ccccc21. The molecule has 0 aliphatic carbocycles. The summed E-state index contributed by atoms with van der Waals surface area (Å²) in [7, 11) is 1.65. The van der Waals surface area contributed by atoms with Gasteiger partial charge in [0.15, 0.2) is 0 Å². The third-order valence-electron chi connectivity index (χ3n) is 3.82. The van der Waals surface area contributed by atoms with Crippen molar-refractivity contribution < 1.29 is 9.59 Å². The monoisotopic (exact) mass is 324 g/mol. The number of para-hydroxylation sites is 3. The van der Waals surface area contributed by atoms with Gasteiger partial charge < -0.3 is 11.1 Å². The van der Waals surface area contributed by atoms with Crippen molar-refractivity contribution in [3.63, 3.8) is 0 Å². The average Bonchev–Trinajstić information content (AvgIpc) is 2.80. The van der Waals surface area contributed by atoms with Gasteiger partial charge in [0, 0.05) is 7.05 Å². The van der Waals surface area contributed by atoms with Gasteiger partial charge >= 0.3 is 5.69 Å². The predicted molar refractivity (Wildman–Crippen MR) is 90.8 cm³/mol. The molecule has 3 rings (SSSR count). The Balaban J connectivity index is 1.91. The molecule has 122 valence electrons. The summed E-state index contributed by atoms with van der Waals surface area (Å²) in [5.41, 5.74) is 6.97. The van der Waals surface area contributed by atoms with Crippen molar-refractivity contribution in [3.05, 3.63) is 64.6 Å². The number of nitrogens with two attached hydrogens (primary N) is 1. The Morgan fingerprint density at radius 3 is 2.38 bits per heavy atom. The molecule has 0 saturated carbocycles. The van der Waals surface area contributed by atoms with E-state index in [-0.39, 0.29) is 17.8 Å². The van der Waals surface area contributed by atoms with Crippen LogP contribution in [0.25, 0.3) is 11.0 Å². The van der Waals surface area contributed by atoms with Crippen molar-refractivity contribution in [2.45, 2.75) is 6.54 Å².